The van der Waals surface area contributed by atoms with Crippen LogP contribution in [0, 0.1) is 0 Å². The topological polar surface area (TPSA) is 41.1 Å². The molecule has 2 aromatic rings. The van der Waals surface area contributed by atoms with Gasteiger partial charge in [-0.05, 0) is 35.6 Å². The second-order valence-corrected chi connectivity index (χ2v) is 6.89. The van der Waals surface area contributed by atoms with Crippen LogP contribution < -0.4 is 10.6 Å². The third kappa shape index (κ3) is 5.22. The lowest BCUT2D eigenvalue weighted by Crippen LogP contribution is -2.30. The lowest BCUT2D eigenvalue weighted by molar-refractivity contribution is -0.115. The number of nitrogens with one attached hydrogen (secondary N) is 2. The number of benzene rings is 2. The van der Waals surface area contributed by atoms with E-state index in [4.69, 9.17) is 0 Å². The maximum absolute atomic E-state index is 12.1. The highest BCUT2D eigenvalue weighted by molar-refractivity contribution is 5.92. The number of carbonyl (C=O) groups is 1. The highest BCUT2D eigenvalue weighted by atomic mass is 16.1. The Hall–Kier alpha value is -2.13. The van der Waals surface area contributed by atoms with Gasteiger partial charge in [0.25, 0.3) is 0 Å². The zero-order chi connectivity index (χ0) is 16.9. The van der Waals surface area contributed by atoms with Crippen LogP contribution in [0.25, 0.3) is 0 Å². The van der Waals surface area contributed by atoms with E-state index in [-0.39, 0.29) is 23.9 Å². The largest absolute Gasteiger partial charge is 0.325 e. The first-order chi connectivity index (χ1) is 10.9. The molecule has 2 aromatic carbocycles. The van der Waals surface area contributed by atoms with E-state index in [0.717, 1.165) is 5.69 Å². The lowest BCUT2D eigenvalue weighted by Gasteiger charge is -2.19. The van der Waals surface area contributed by atoms with Crippen molar-refractivity contribution < 1.29 is 4.79 Å². The second kappa shape index (κ2) is 7.42. The highest BCUT2D eigenvalue weighted by Gasteiger charge is 2.13. The van der Waals surface area contributed by atoms with Gasteiger partial charge in [0.15, 0.2) is 0 Å². The molecule has 0 aliphatic heterocycles. The molecule has 2 rings (SSSR count). The van der Waals surface area contributed by atoms with Crippen LogP contribution in [0.2, 0.25) is 0 Å². The third-order valence-electron chi connectivity index (χ3n) is 3.90. The maximum atomic E-state index is 12.1. The van der Waals surface area contributed by atoms with Gasteiger partial charge in [-0.15, -0.1) is 0 Å². The summed E-state index contributed by atoms with van der Waals surface area (Å²) in [6.07, 6.45) is 0. The summed E-state index contributed by atoms with van der Waals surface area (Å²) in [4.78, 5) is 12.1. The molecule has 0 fully saturated rings. The Morgan fingerprint density at radius 2 is 1.61 bits per heavy atom. The van der Waals surface area contributed by atoms with Crippen molar-refractivity contribution in [3.8, 4) is 0 Å². The summed E-state index contributed by atoms with van der Waals surface area (Å²) in [6.45, 7) is 8.87. The molecule has 0 saturated heterocycles. The predicted molar refractivity (Wildman–Crippen MR) is 96.6 cm³/mol. The molecule has 0 aliphatic carbocycles. The van der Waals surface area contributed by atoms with E-state index in [2.05, 4.69) is 62.6 Å². The molecule has 0 aromatic heterocycles. The Bertz CT molecular complexity index is 627. The minimum absolute atomic E-state index is 0.0312. The fourth-order valence-corrected chi connectivity index (χ4v) is 2.36. The molecule has 23 heavy (non-hydrogen) atoms. The first-order valence-corrected chi connectivity index (χ1v) is 8.05. The molecule has 2 N–H and O–H groups in total. The Morgan fingerprint density at radius 1 is 1.00 bits per heavy atom. The summed E-state index contributed by atoms with van der Waals surface area (Å²) in [6, 6.07) is 18.3. The maximum Gasteiger partial charge on any atom is 0.238 e. The van der Waals surface area contributed by atoms with Crippen molar-refractivity contribution in [1.29, 1.82) is 0 Å². The molecule has 122 valence electrons. The number of hydrogen-bond donors (Lipinski definition) is 2. The minimum Gasteiger partial charge on any atom is -0.325 e. The van der Waals surface area contributed by atoms with Crippen LogP contribution in [0.4, 0.5) is 5.69 Å². The molecule has 0 bridgehead atoms. The van der Waals surface area contributed by atoms with Crippen molar-refractivity contribution in [3.63, 3.8) is 0 Å². The number of anilines is 1. The molecule has 0 radical (unpaired) electrons. The zero-order valence-corrected chi connectivity index (χ0v) is 14.4. The van der Waals surface area contributed by atoms with Crippen LogP contribution >= 0.6 is 0 Å². The first-order valence-electron chi connectivity index (χ1n) is 8.05. The lowest BCUT2D eigenvalue weighted by atomic mass is 9.87. The molecule has 0 unspecified atom stereocenters. The van der Waals surface area contributed by atoms with E-state index in [0.29, 0.717) is 0 Å². The van der Waals surface area contributed by atoms with E-state index >= 15 is 0 Å². The Kier molecular flexibility index (Phi) is 5.56. The number of carbonyl (C=O) groups excluding carboxylic acids is 1. The zero-order valence-electron chi connectivity index (χ0n) is 14.4. The van der Waals surface area contributed by atoms with Gasteiger partial charge in [-0.3, -0.25) is 4.79 Å². The summed E-state index contributed by atoms with van der Waals surface area (Å²) < 4.78 is 0. The van der Waals surface area contributed by atoms with Crippen LogP contribution in [-0.2, 0) is 10.2 Å². The monoisotopic (exact) mass is 310 g/mol. The Balaban J connectivity index is 1.85. The first kappa shape index (κ1) is 17.2. The average Bonchev–Trinajstić information content (AvgIpc) is 2.53. The van der Waals surface area contributed by atoms with Gasteiger partial charge in [0, 0.05) is 11.7 Å². The Labute approximate surface area is 139 Å². The number of rotatable bonds is 5. The van der Waals surface area contributed by atoms with E-state index < -0.39 is 0 Å². The molecular weight excluding hydrogens is 284 g/mol. The van der Waals surface area contributed by atoms with Crippen LogP contribution in [0.5, 0.6) is 0 Å². The quantitative estimate of drug-likeness (QED) is 0.865. The highest BCUT2D eigenvalue weighted by Crippen LogP contribution is 2.23. The molecule has 3 nitrogen and oxygen atoms in total. The summed E-state index contributed by atoms with van der Waals surface area (Å²) in [5.41, 5.74) is 3.38. The average molecular weight is 310 g/mol. The summed E-state index contributed by atoms with van der Waals surface area (Å²) in [5.74, 6) is -0.0312. The fourth-order valence-electron chi connectivity index (χ4n) is 2.36. The summed E-state index contributed by atoms with van der Waals surface area (Å²) in [5, 5.41) is 6.17. The van der Waals surface area contributed by atoms with E-state index in [1.54, 1.807) is 0 Å². The minimum atomic E-state index is -0.0312. The SMILES string of the molecule is C[C@@H](NCC(=O)Nc1ccc(C(C)(C)C)cc1)c1ccccc1. The van der Waals surface area contributed by atoms with Crippen molar-refractivity contribution in [2.75, 3.05) is 11.9 Å². The van der Waals surface area contributed by atoms with Crippen molar-refractivity contribution >= 4 is 11.6 Å². The van der Waals surface area contributed by atoms with Crippen molar-refractivity contribution in [3.05, 3.63) is 65.7 Å². The normalized spacial score (nSPS) is 12.7. The van der Waals surface area contributed by atoms with Gasteiger partial charge in [0.05, 0.1) is 6.54 Å². The van der Waals surface area contributed by atoms with Gasteiger partial charge in [-0.2, -0.15) is 0 Å². The smallest absolute Gasteiger partial charge is 0.238 e. The molecule has 0 spiro atoms. The van der Waals surface area contributed by atoms with Gasteiger partial charge >= 0.3 is 0 Å². The molecule has 1 amide bonds. The van der Waals surface area contributed by atoms with Crippen LogP contribution in [0.3, 0.4) is 0 Å². The van der Waals surface area contributed by atoms with Gasteiger partial charge in [0.2, 0.25) is 5.91 Å². The van der Waals surface area contributed by atoms with Gasteiger partial charge in [-0.25, -0.2) is 0 Å². The third-order valence-corrected chi connectivity index (χ3v) is 3.90. The molecule has 0 aliphatic rings. The van der Waals surface area contributed by atoms with Gasteiger partial charge in [0.1, 0.15) is 0 Å². The molecule has 0 heterocycles. The second-order valence-electron chi connectivity index (χ2n) is 6.89. The molecule has 0 saturated carbocycles. The molecular formula is C20H26N2O. The van der Waals surface area contributed by atoms with E-state index in [1.807, 2.05) is 30.3 Å². The van der Waals surface area contributed by atoms with E-state index in [1.165, 1.54) is 11.1 Å². The standard InChI is InChI=1S/C20H26N2O/c1-15(16-8-6-5-7-9-16)21-14-19(23)22-18-12-10-17(11-13-18)20(2,3)4/h5-13,15,21H,14H2,1-4H3,(H,22,23)/t15-/m1/s1. The van der Waals surface area contributed by atoms with Gasteiger partial charge < -0.3 is 10.6 Å². The predicted octanol–water partition coefficient (Wildman–Crippen LogP) is 4.27. The van der Waals surface area contributed by atoms with E-state index in [9.17, 15) is 4.79 Å². The van der Waals surface area contributed by atoms with Crippen molar-refractivity contribution in [2.45, 2.75) is 39.2 Å². The number of hydrogen-bond acceptors (Lipinski definition) is 2. The summed E-state index contributed by atoms with van der Waals surface area (Å²) >= 11 is 0. The Morgan fingerprint density at radius 3 is 2.17 bits per heavy atom. The van der Waals surface area contributed by atoms with Crippen molar-refractivity contribution in [1.82, 2.24) is 5.32 Å². The van der Waals surface area contributed by atoms with Crippen LogP contribution in [0.15, 0.2) is 54.6 Å². The number of amides is 1. The van der Waals surface area contributed by atoms with Gasteiger partial charge in [-0.1, -0.05) is 63.2 Å². The molecule has 1 atom stereocenters. The van der Waals surface area contributed by atoms with Crippen molar-refractivity contribution in [2.24, 2.45) is 0 Å². The fraction of sp³-hybridized carbons (Fsp3) is 0.350. The van der Waals surface area contributed by atoms with Crippen LogP contribution in [-0.4, -0.2) is 12.5 Å². The van der Waals surface area contributed by atoms with Crippen LogP contribution in [0.1, 0.15) is 44.9 Å². The molecule has 3 heteroatoms. The summed E-state index contributed by atoms with van der Waals surface area (Å²) in [7, 11) is 0.